The monoisotopic (exact) mass is 431 g/mol. The number of rotatable bonds is 4. The second kappa shape index (κ2) is 8.74. The van der Waals surface area contributed by atoms with E-state index in [1.54, 1.807) is 18.2 Å². The van der Waals surface area contributed by atoms with E-state index < -0.39 is 0 Å². The first kappa shape index (κ1) is 20.2. The Morgan fingerprint density at radius 2 is 1.93 bits per heavy atom. The zero-order chi connectivity index (χ0) is 20.4. The van der Waals surface area contributed by atoms with Gasteiger partial charge in [0.25, 0.3) is 5.91 Å². The minimum atomic E-state index is -0.179. The first-order valence-corrected chi connectivity index (χ1v) is 10.6. The maximum absolute atomic E-state index is 12.5. The third-order valence-electron chi connectivity index (χ3n) is 5.59. The van der Waals surface area contributed by atoms with Crippen molar-refractivity contribution in [3.63, 3.8) is 0 Å². The highest BCUT2D eigenvalue weighted by Crippen LogP contribution is 2.27. The fraction of sp³-hybridized carbons (Fsp3) is 0.364. The fourth-order valence-electron chi connectivity index (χ4n) is 3.95. The Bertz CT molecular complexity index is 940. The van der Waals surface area contributed by atoms with Gasteiger partial charge in [0.05, 0.1) is 15.6 Å². The summed E-state index contributed by atoms with van der Waals surface area (Å²) < 4.78 is 0. The summed E-state index contributed by atoms with van der Waals surface area (Å²) in [5.41, 5.74) is 3.76. The van der Waals surface area contributed by atoms with Gasteiger partial charge in [0.1, 0.15) is 0 Å². The van der Waals surface area contributed by atoms with Gasteiger partial charge in [-0.3, -0.25) is 14.5 Å². The number of amides is 2. The topological polar surface area (TPSA) is 61.4 Å². The maximum atomic E-state index is 12.5. The number of nitrogens with zero attached hydrogens (tertiary/aromatic N) is 1. The first-order chi connectivity index (χ1) is 14.0. The van der Waals surface area contributed by atoms with Gasteiger partial charge in [-0.15, -0.1) is 0 Å². The molecule has 0 saturated carbocycles. The summed E-state index contributed by atoms with van der Waals surface area (Å²) in [5, 5.41) is 6.72. The summed E-state index contributed by atoms with van der Waals surface area (Å²) in [6.07, 6.45) is 3.13. The Hall–Kier alpha value is -2.08. The molecule has 2 aliphatic rings. The third kappa shape index (κ3) is 4.74. The molecular weight excluding hydrogens is 409 g/mol. The molecule has 7 heteroatoms. The van der Waals surface area contributed by atoms with Gasteiger partial charge in [0.15, 0.2) is 0 Å². The van der Waals surface area contributed by atoms with E-state index in [0.29, 0.717) is 22.0 Å². The Morgan fingerprint density at radius 1 is 1.14 bits per heavy atom. The SMILES string of the molecule is O=C1CCc2ccc(CN3CCC(NC(=O)c4cccc(Cl)c4Cl)CC3)cc2N1. The van der Waals surface area contributed by atoms with E-state index >= 15 is 0 Å². The quantitative estimate of drug-likeness (QED) is 0.759. The summed E-state index contributed by atoms with van der Waals surface area (Å²) in [5.74, 6) is -0.0904. The van der Waals surface area contributed by atoms with Gasteiger partial charge in [-0.05, 0) is 48.6 Å². The molecule has 2 aromatic carbocycles. The lowest BCUT2D eigenvalue weighted by Gasteiger charge is -2.32. The number of likely N-dealkylation sites (tertiary alicyclic amines) is 1. The van der Waals surface area contributed by atoms with Crippen molar-refractivity contribution in [2.75, 3.05) is 18.4 Å². The second-order valence-electron chi connectivity index (χ2n) is 7.66. The molecule has 5 nitrogen and oxygen atoms in total. The average molecular weight is 432 g/mol. The van der Waals surface area contributed by atoms with Crippen LogP contribution in [0.1, 0.15) is 40.7 Å². The molecule has 0 aromatic heterocycles. The van der Waals surface area contributed by atoms with Crippen LogP contribution in [-0.4, -0.2) is 35.8 Å². The minimum Gasteiger partial charge on any atom is -0.349 e. The van der Waals surface area contributed by atoms with Crippen molar-refractivity contribution in [2.24, 2.45) is 0 Å². The average Bonchev–Trinajstić information content (AvgIpc) is 2.71. The Labute approximate surface area is 180 Å². The van der Waals surface area contributed by atoms with Crippen LogP contribution >= 0.6 is 23.2 Å². The van der Waals surface area contributed by atoms with Crippen molar-refractivity contribution in [2.45, 2.75) is 38.3 Å². The van der Waals surface area contributed by atoms with Crippen LogP contribution in [0.3, 0.4) is 0 Å². The Morgan fingerprint density at radius 3 is 2.72 bits per heavy atom. The predicted octanol–water partition coefficient (Wildman–Crippen LogP) is 4.27. The van der Waals surface area contributed by atoms with E-state index in [0.717, 1.165) is 44.6 Å². The first-order valence-electron chi connectivity index (χ1n) is 9.88. The zero-order valence-electron chi connectivity index (χ0n) is 16.0. The van der Waals surface area contributed by atoms with Gasteiger partial charge in [0.2, 0.25) is 5.91 Å². The number of aryl methyl sites for hydroxylation is 1. The van der Waals surface area contributed by atoms with E-state index in [1.807, 2.05) is 0 Å². The standard InChI is InChI=1S/C22H23Cl2N3O2/c23-18-3-1-2-17(21(18)24)22(29)25-16-8-10-27(11-9-16)13-14-4-5-15-6-7-20(28)26-19(15)12-14/h1-5,12,16H,6-11,13H2,(H,25,29)(H,26,28). The predicted molar refractivity (Wildman–Crippen MR) is 116 cm³/mol. The molecule has 1 saturated heterocycles. The van der Waals surface area contributed by atoms with Gasteiger partial charge in [0, 0.05) is 37.8 Å². The second-order valence-corrected chi connectivity index (χ2v) is 8.45. The van der Waals surface area contributed by atoms with Gasteiger partial charge >= 0.3 is 0 Å². The lowest BCUT2D eigenvalue weighted by Crippen LogP contribution is -2.44. The summed E-state index contributed by atoms with van der Waals surface area (Å²) in [6.45, 7) is 2.64. The number of nitrogens with one attached hydrogen (secondary N) is 2. The van der Waals surface area contributed by atoms with Gasteiger partial charge in [-0.25, -0.2) is 0 Å². The number of hydrogen-bond donors (Lipinski definition) is 2. The molecule has 1 fully saturated rings. The molecule has 2 aromatic rings. The molecular formula is C22H23Cl2N3O2. The number of carbonyl (C=O) groups is 2. The van der Waals surface area contributed by atoms with Crippen LogP contribution in [-0.2, 0) is 17.8 Å². The van der Waals surface area contributed by atoms with Crippen molar-refractivity contribution >= 4 is 40.7 Å². The van der Waals surface area contributed by atoms with Crippen LogP contribution in [0.15, 0.2) is 36.4 Å². The normalized spacial score (nSPS) is 17.5. The number of anilines is 1. The molecule has 2 aliphatic heterocycles. The van der Waals surface area contributed by atoms with Crippen LogP contribution in [0, 0.1) is 0 Å². The zero-order valence-corrected chi connectivity index (χ0v) is 17.5. The molecule has 0 unspecified atom stereocenters. The van der Waals surface area contributed by atoms with Crippen molar-refractivity contribution in [3.05, 3.63) is 63.1 Å². The molecule has 2 N–H and O–H groups in total. The van der Waals surface area contributed by atoms with E-state index in [2.05, 4.69) is 33.7 Å². The number of fused-ring (bicyclic) bond motifs is 1. The fourth-order valence-corrected chi connectivity index (χ4v) is 4.34. The van der Waals surface area contributed by atoms with Crippen LogP contribution in [0.5, 0.6) is 0 Å². The van der Waals surface area contributed by atoms with Gasteiger partial charge in [-0.2, -0.15) is 0 Å². The summed E-state index contributed by atoms with van der Waals surface area (Å²) >= 11 is 12.2. The lowest BCUT2D eigenvalue weighted by molar-refractivity contribution is -0.116. The van der Waals surface area contributed by atoms with E-state index in [4.69, 9.17) is 23.2 Å². The van der Waals surface area contributed by atoms with Crippen LogP contribution in [0.2, 0.25) is 10.0 Å². The van der Waals surface area contributed by atoms with E-state index in [1.165, 1.54) is 11.1 Å². The number of piperidine rings is 1. The molecule has 0 atom stereocenters. The number of carbonyl (C=O) groups excluding carboxylic acids is 2. The molecule has 0 radical (unpaired) electrons. The summed E-state index contributed by atoms with van der Waals surface area (Å²) in [7, 11) is 0. The largest absolute Gasteiger partial charge is 0.349 e. The molecule has 0 aliphatic carbocycles. The molecule has 0 bridgehead atoms. The van der Waals surface area contributed by atoms with Crippen LogP contribution in [0.25, 0.3) is 0 Å². The van der Waals surface area contributed by atoms with E-state index in [9.17, 15) is 9.59 Å². The maximum Gasteiger partial charge on any atom is 0.253 e. The van der Waals surface area contributed by atoms with Crippen molar-refractivity contribution in [3.8, 4) is 0 Å². The van der Waals surface area contributed by atoms with Crippen LogP contribution < -0.4 is 10.6 Å². The van der Waals surface area contributed by atoms with Crippen LogP contribution in [0.4, 0.5) is 5.69 Å². The minimum absolute atomic E-state index is 0.0889. The number of halogens is 2. The molecule has 4 rings (SSSR count). The van der Waals surface area contributed by atoms with E-state index in [-0.39, 0.29) is 17.9 Å². The van der Waals surface area contributed by atoms with Crippen molar-refractivity contribution in [1.29, 1.82) is 0 Å². The highest BCUT2D eigenvalue weighted by molar-refractivity contribution is 6.43. The summed E-state index contributed by atoms with van der Waals surface area (Å²) in [4.78, 5) is 26.5. The van der Waals surface area contributed by atoms with Crippen molar-refractivity contribution in [1.82, 2.24) is 10.2 Å². The van der Waals surface area contributed by atoms with Gasteiger partial charge < -0.3 is 10.6 Å². The smallest absolute Gasteiger partial charge is 0.253 e. The lowest BCUT2D eigenvalue weighted by atomic mass is 9.99. The van der Waals surface area contributed by atoms with Crippen molar-refractivity contribution < 1.29 is 9.59 Å². The number of benzene rings is 2. The highest BCUT2D eigenvalue weighted by Gasteiger charge is 2.23. The molecule has 0 spiro atoms. The molecule has 2 amide bonds. The third-order valence-corrected chi connectivity index (χ3v) is 6.41. The molecule has 2 heterocycles. The Kier molecular flexibility index (Phi) is 6.09. The number of hydrogen-bond acceptors (Lipinski definition) is 3. The van der Waals surface area contributed by atoms with Gasteiger partial charge in [-0.1, -0.05) is 41.4 Å². The summed E-state index contributed by atoms with van der Waals surface area (Å²) in [6, 6.07) is 11.6. The molecule has 29 heavy (non-hydrogen) atoms. The molecule has 152 valence electrons. The Balaban J connectivity index is 1.31. The highest BCUT2D eigenvalue weighted by atomic mass is 35.5.